The molecule has 0 atom stereocenters. The van der Waals surface area contributed by atoms with Gasteiger partial charge in [0.15, 0.2) is 5.75 Å². The highest BCUT2D eigenvalue weighted by Gasteiger charge is 2.15. The lowest BCUT2D eigenvalue weighted by molar-refractivity contribution is -0.386. The maximum atomic E-state index is 10.4. The molecule has 0 saturated carbocycles. The van der Waals surface area contributed by atoms with Crippen LogP contribution in [0.15, 0.2) is 17.0 Å². The molecule has 0 aliphatic carbocycles. The second-order valence-corrected chi connectivity index (χ2v) is 3.42. The number of phenolic OH excluding ortho intramolecular Hbond substituents is 1. The molecule has 0 unspecified atom stereocenters. The Labute approximate surface area is 79.7 Å². The zero-order valence-electron chi connectivity index (χ0n) is 7.27. The molecule has 0 radical (unpaired) electrons. The van der Waals surface area contributed by atoms with Crippen LogP contribution in [-0.2, 0) is 0 Å². The molecule has 70 valence electrons. The molecular formula is C8H9NO3S. The number of nitro groups is 1. The molecule has 0 amide bonds. The van der Waals surface area contributed by atoms with Crippen LogP contribution in [0.25, 0.3) is 0 Å². The van der Waals surface area contributed by atoms with E-state index in [9.17, 15) is 15.2 Å². The van der Waals surface area contributed by atoms with Gasteiger partial charge in [-0.3, -0.25) is 10.1 Å². The topological polar surface area (TPSA) is 63.4 Å². The molecular weight excluding hydrogens is 190 g/mol. The summed E-state index contributed by atoms with van der Waals surface area (Å²) in [6, 6.07) is 2.79. The quantitative estimate of drug-likeness (QED) is 0.451. The predicted octanol–water partition coefficient (Wildman–Crippen LogP) is 2.33. The number of benzene rings is 1. The van der Waals surface area contributed by atoms with Crippen molar-refractivity contribution in [2.75, 3.05) is 6.26 Å². The maximum absolute atomic E-state index is 10.4. The molecule has 0 saturated heterocycles. The molecule has 13 heavy (non-hydrogen) atoms. The van der Waals surface area contributed by atoms with Crippen LogP contribution in [-0.4, -0.2) is 16.3 Å². The van der Waals surface area contributed by atoms with Gasteiger partial charge in [0, 0.05) is 11.0 Å². The Bertz CT molecular complexity index is 351. The first kappa shape index (κ1) is 9.85. The van der Waals surface area contributed by atoms with Gasteiger partial charge in [-0.15, -0.1) is 11.8 Å². The van der Waals surface area contributed by atoms with Crippen molar-refractivity contribution in [3.63, 3.8) is 0 Å². The number of aryl methyl sites for hydroxylation is 1. The van der Waals surface area contributed by atoms with Gasteiger partial charge in [0.2, 0.25) is 0 Å². The minimum Gasteiger partial charge on any atom is -0.502 e. The number of hydrogen-bond donors (Lipinski definition) is 1. The third-order valence-electron chi connectivity index (χ3n) is 1.69. The summed E-state index contributed by atoms with van der Waals surface area (Å²) >= 11 is 1.42. The Morgan fingerprint density at radius 3 is 2.62 bits per heavy atom. The normalized spacial score (nSPS) is 10.0. The molecule has 0 heterocycles. The Morgan fingerprint density at radius 2 is 2.15 bits per heavy atom. The van der Waals surface area contributed by atoms with E-state index in [2.05, 4.69) is 0 Å². The fourth-order valence-corrected chi connectivity index (χ4v) is 1.64. The van der Waals surface area contributed by atoms with Gasteiger partial charge in [-0.1, -0.05) is 0 Å². The number of aromatic hydroxyl groups is 1. The van der Waals surface area contributed by atoms with Crippen molar-refractivity contribution in [3.8, 4) is 5.75 Å². The fourth-order valence-electron chi connectivity index (χ4n) is 1.03. The number of nitro benzene ring substituents is 1. The lowest BCUT2D eigenvalue weighted by Gasteiger charge is -2.03. The first-order valence-electron chi connectivity index (χ1n) is 3.58. The summed E-state index contributed by atoms with van der Waals surface area (Å²) < 4.78 is 0. The zero-order valence-corrected chi connectivity index (χ0v) is 8.09. The van der Waals surface area contributed by atoms with E-state index in [1.54, 1.807) is 6.92 Å². The molecule has 0 aliphatic heterocycles. The molecule has 1 aromatic carbocycles. The summed E-state index contributed by atoms with van der Waals surface area (Å²) in [7, 11) is 0. The van der Waals surface area contributed by atoms with E-state index in [4.69, 9.17) is 0 Å². The minimum absolute atomic E-state index is 0.241. The van der Waals surface area contributed by atoms with Crippen LogP contribution < -0.4 is 0 Å². The fraction of sp³-hybridized carbons (Fsp3) is 0.250. The van der Waals surface area contributed by atoms with Gasteiger partial charge in [0.1, 0.15) is 0 Å². The number of hydrogen-bond acceptors (Lipinski definition) is 4. The second kappa shape index (κ2) is 3.66. The molecule has 0 aromatic heterocycles. The molecule has 1 aromatic rings. The molecule has 1 N–H and O–H groups in total. The van der Waals surface area contributed by atoms with Crippen molar-refractivity contribution >= 4 is 17.4 Å². The minimum atomic E-state index is -0.589. The highest BCUT2D eigenvalue weighted by Crippen LogP contribution is 2.32. The lowest BCUT2D eigenvalue weighted by Crippen LogP contribution is -1.90. The first-order chi connectivity index (χ1) is 6.06. The zero-order chi connectivity index (χ0) is 10.0. The summed E-state index contributed by atoms with van der Waals surface area (Å²) in [5, 5.41) is 19.7. The Hall–Kier alpha value is -1.23. The number of rotatable bonds is 2. The van der Waals surface area contributed by atoms with Crippen LogP contribution in [0.3, 0.4) is 0 Å². The van der Waals surface area contributed by atoms with Crippen LogP contribution in [0.2, 0.25) is 0 Å². The van der Waals surface area contributed by atoms with E-state index in [-0.39, 0.29) is 11.4 Å². The smallest absolute Gasteiger partial charge is 0.311 e. The monoisotopic (exact) mass is 199 g/mol. The van der Waals surface area contributed by atoms with Crippen LogP contribution in [0.4, 0.5) is 5.69 Å². The van der Waals surface area contributed by atoms with E-state index >= 15 is 0 Å². The van der Waals surface area contributed by atoms with Crippen molar-refractivity contribution in [1.82, 2.24) is 0 Å². The summed E-state index contributed by atoms with van der Waals surface area (Å²) in [6.07, 6.45) is 1.84. The third-order valence-corrected chi connectivity index (χ3v) is 2.57. The molecule has 0 spiro atoms. The van der Waals surface area contributed by atoms with Crippen molar-refractivity contribution in [2.45, 2.75) is 11.8 Å². The molecule has 0 fully saturated rings. The molecule has 5 heteroatoms. The van der Waals surface area contributed by atoms with Crippen molar-refractivity contribution in [2.24, 2.45) is 0 Å². The number of nitrogens with zero attached hydrogens (tertiary/aromatic N) is 1. The third kappa shape index (κ3) is 1.92. The summed E-state index contributed by atoms with van der Waals surface area (Å²) in [4.78, 5) is 10.7. The lowest BCUT2D eigenvalue weighted by atomic mass is 10.2. The van der Waals surface area contributed by atoms with Crippen molar-refractivity contribution < 1.29 is 10.0 Å². The van der Waals surface area contributed by atoms with E-state index in [0.717, 1.165) is 10.5 Å². The van der Waals surface area contributed by atoms with Crippen molar-refractivity contribution in [3.05, 3.63) is 27.8 Å². The Kier molecular flexibility index (Phi) is 2.77. The van der Waals surface area contributed by atoms with Gasteiger partial charge in [0.05, 0.1) is 4.92 Å². The van der Waals surface area contributed by atoms with Gasteiger partial charge in [-0.25, -0.2) is 0 Å². The first-order valence-corrected chi connectivity index (χ1v) is 4.80. The number of phenols is 1. The SMILES string of the molecule is CSc1cc([N+](=O)[O-])c(O)cc1C. The Morgan fingerprint density at radius 1 is 1.54 bits per heavy atom. The summed E-state index contributed by atoms with van der Waals surface area (Å²) in [6.45, 7) is 1.80. The van der Waals surface area contributed by atoms with Gasteiger partial charge in [-0.05, 0) is 24.8 Å². The summed E-state index contributed by atoms with van der Waals surface area (Å²) in [5.74, 6) is -0.277. The summed E-state index contributed by atoms with van der Waals surface area (Å²) in [5.41, 5.74) is 0.602. The standard InChI is InChI=1S/C8H9NO3S/c1-5-3-7(10)6(9(11)12)4-8(5)13-2/h3-4,10H,1-2H3. The molecule has 1 rings (SSSR count). The molecule has 0 bridgehead atoms. The van der Waals surface area contributed by atoms with Gasteiger partial charge < -0.3 is 5.11 Å². The van der Waals surface area contributed by atoms with Gasteiger partial charge in [0.25, 0.3) is 0 Å². The predicted molar refractivity (Wildman–Crippen MR) is 51.3 cm³/mol. The van der Waals surface area contributed by atoms with E-state index in [1.165, 1.54) is 23.9 Å². The second-order valence-electron chi connectivity index (χ2n) is 2.57. The van der Waals surface area contributed by atoms with E-state index < -0.39 is 4.92 Å². The molecule has 0 aliphatic rings. The molecule has 4 nitrogen and oxygen atoms in total. The van der Waals surface area contributed by atoms with Gasteiger partial charge in [-0.2, -0.15) is 0 Å². The maximum Gasteiger partial charge on any atom is 0.311 e. The van der Waals surface area contributed by atoms with E-state index in [0.29, 0.717) is 0 Å². The van der Waals surface area contributed by atoms with Crippen LogP contribution in [0.1, 0.15) is 5.56 Å². The highest BCUT2D eigenvalue weighted by molar-refractivity contribution is 7.98. The van der Waals surface area contributed by atoms with E-state index in [1.807, 2.05) is 6.26 Å². The average molecular weight is 199 g/mol. The number of thioether (sulfide) groups is 1. The average Bonchev–Trinajstić information content (AvgIpc) is 2.03. The van der Waals surface area contributed by atoms with Crippen LogP contribution in [0.5, 0.6) is 5.75 Å². The Balaban J connectivity index is 3.30. The van der Waals surface area contributed by atoms with Crippen LogP contribution >= 0.6 is 11.8 Å². The van der Waals surface area contributed by atoms with Gasteiger partial charge >= 0.3 is 5.69 Å². The van der Waals surface area contributed by atoms with Crippen LogP contribution in [0, 0.1) is 17.0 Å². The highest BCUT2D eigenvalue weighted by atomic mass is 32.2. The van der Waals surface area contributed by atoms with Crippen molar-refractivity contribution in [1.29, 1.82) is 0 Å². The largest absolute Gasteiger partial charge is 0.502 e.